The number of rotatable bonds is 4. The van der Waals surface area contributed by atoms with Gasteiger partial charge in [-0.25, -0.2) is 18.2 Å². The highest BCUT2D eigenvalue weighted by molar-refractivity contribution is 6.00. The molecule has 2 heterocycles. The first-order chi connectivity index (χ1) is 13.4. The lowest BCUT2D eigenvalue weighted by molar-refractivity contribution is 0.00397. The number of amides is 1. The molecule has 0 radical (unpaired) electrons. The minimum Gasteiger partial charge on any atom is -0.471 e. The van der Waals surface area contributed by atoms with Gasteiger partial charge >= 0.3 is 0 Å². The number of aliphatic hydroxyl groups excluding tert-OH is 1. The van der Waals surface area contributed by atoms with Crippen LogP contribution in [0.15, 0.2) is 24.4 Å². The molecule has 1 saturated carbocycles. The molecule has 2 aromatic rings. The summed E-state index contributed by atoms with van der Waals surface area (Å²) in [6.07, 6.45) is 3.56. The molecule has 1 fully saturated rings. The lowest BCUT2D eigenvalue weighted by Gasteiger charge is -2.28. The Morgan fingerprint density at radius 1 is 1.18 bits per heavy atom. The van der Waals surface area contributed by atoms with E-state index < -0.39 is 35.6 Å². The Hall–Kier alpha value is -2.61. The number of hydrogen-bond acceptors (Lipinski definition) is 4. The fraction of sp³-hybridized carbons (Fsp3) is 0.400. The number of hydrogen-bond donors (Lipinski definition) is 1. The van der Waals surface area contributed by atoms with E-state index in [4.69, 9.17) is 4.74 Å². The summed E-state index contributed by atoms with van der Waals surface area (Å²) >= 11 is 0. The zero-order valence-corrected chi connectivity index (χ0v) is 15.0. The molecule has 0 saturated heterocycles. The predicted octanol–water partition coefficient (Wildman–Crippen LogP) is 3.34. The number of carbonyl (C=O) groups is 1. The number of halogens is 3. The Balaban J connectivity index is 1.57. The van der Waals surface area contributed by atoms with Gasteiger partial charge in [0, 0.05) is 30.4 Å². The summed E-state index contributed by atoms with van der Waals surface area (Å²) < 4.78 is 46.9. The van der Waals surface area contributed by atoms with Crippen LogP contribution in [0.1, 0.15) is 47.2 Å². The lowest BCUT2D eigenvalue weighted by atomic mass is 9.95. The Labute approximate surface area is 159 Å². The maximum atomic E-state index is 14.0. The van der Waals surface area contributed by atoms with Crippen molar-refractivity contribution in [3.8, 4) is 5.88 Å². The van der Waals surface area contributed by atoms with E-state index >= 15 is 0 Å². The van der Waals surface area contributed by atoms with E-state index in [1.807, 2.05) is 0 Å². The Kier molecular flexibility index (Phi) is 4.97. The molecule has 1 aliphatic heterocycles. The van der Waals surface area contributed by atoms with Crippen molar-refractivity contribution in [3.63, 3.8) is 0 Å². The van der Waals surface area contributed by atoms with E-state index in [-0.39, 0.29) is 30.1 Å². The molecule has 1 aromatic carbocycles. The number of aromatic nitrogens is 1. The van der Waals surface area contributed by atoms with Crippen LogP contribution in [0.4, 0.5) is 13.2 Å². The van der Waals surface area contributed by atoms with Gasteiger partial charge in [0.05, 0.1) is 12.6 Å². The molecule has 1 N–H and O–H groups in total. The van der Waals surface area contributed by atoms with Crippen LogP contribution in [-0.2, 0) is 13.1 Å². The molecule has 0 spiro atoms. The summed E-state index contributed by atoms with van der Waals surface area (Å²) in [7, 11) is 0. The Bertz CT molecular complexity index is 899. The topological polar surface area (TPSA) is 62.7 Å². The SMILES string of the molecule is O=C1c2c(ccnc2O[C@H]2CCCC[C@@H]2O)CN1Cc1c(F)cc(F)cc1F. The van der Waals surface area contributed by atoms with Gasteiger partial charge in [0.25, 0.3) is 5.91 Å². The average Bonchev–Trinajstić information content (AvgIpc) is 2.97. The molecular weight excluding hydrogens is 373 g/mol. The number of carbonyl (C=O) groups excluding carboxylic acids is 1. The van der Waals surface area contributed by atoms with Gasteiger partial charge in [-0.2, -0.15) is 0 Å². The van der Waals surface area contributed by atoms with Gasteiger partial charge in [-0.05, 0) is 30.9 Å². The number of aliphatic hydroxyl groups is 1. The minimum absolute atomic E-state index is 0.121. The molecule has 8 heteroatoms. The molecule has 148 valence electrons. The molecule has 0 unspecified atom stereocenters. The van der Waals surface area contributed by atoms with Crippen molar-refractivity contribution >= 4 is 5.91 Å². The number of pyridine rings is 1. The van der Waals surface area contributed by atoms with Crippen LogP contribution in [-0.4, -0.2) is 33.1 Å². The van der Waals surface area contributed by atoms with Gasteiger partial charge in [-0.1, -0.05) is 6.42 Å². The summed E-state index contributed by atoms with van der Waals surface area (Å²) in [4.78, 5) is 18.3. The van der Waals surface area contributed by atoms with Crippen LogP contribution in [0.25, 0.3) is 0 Å². The third-order valence-electron chi connectivity index (χ3n) is 5.25. The molecule has 4 rings (SSSR count). The van der Waals surface area contributed by atoms with E-state index in [0.717, 1.165) is 12.8 Å². The van der Waals surface area contributed by atoms with Crippen LogP contribution in [0.3, 0.4) is 0 Å². The number of ether oxygens (including phenoxy) is 1. The molecule has 1 aromatic heterocycles. The summed E-state index contributed by atoms with van der Waals surface area (Å²) in [5, 5.41) is 10.1. The van der Waals surface area contributed by atoms with Crippen molar-refractivity contribution < 1.29 is 27.8 Å². The molecule has 28 heavy (non-hydrogen) atoms. The largest absolute Gasteiger partial charge is 0.471 e. The van der Waals surface area contributed by atoms with Crippen molar-refractivity contribution in [2.24, 2.45) is 0 Å². The molecule has 2 aliphatic rings. The van der Waals surface area contributed by atoms with Crippen molar-refractivity contribution in [2.45, 2.75) is 51.0 Å². The van der Waals surface area contributed by atoms with Crippen molar-refractivity contribution in [1.82, 2.24) is 9.88 Å². The van der Waals surface area contributed by atoms with Gasteiger partial charge in [0.2, 0.25) is 5.88 Å². The van der Waals surface area contributed by atoms with Crippen molar-refractivity contribution in [2.75, 3.05) is 0 Å². The van der Waals surface area contributed by atoms with E-state index in [1.165, 1.54) is 11.1 Å². The van der Waals surface area contributed by atoms with Crippen molar-refractivity contribution in [1.29, 1.82) is 0 Å². The first-order valence-electron chi connectivity index (χ1n) is 9.19. The molecule has 5 nitrogen and oxygen atoms in total. The molecule has 1 amide bonds. The number of fused-ring (bicyclic) bond motifs is 1. The number of nitrogens with zero attached hydrogens (tertiary/aromatic N) is 2. The van der Waals surface area contributed by atoms with Gasteiger partial charge in [0.15, 0.2) is 0 Å². The zero-order valence-electron chi connectivity index (χ0n) is 15.0. The van der Waals surface area contributed by atoms with Gasteiger partial charge < -0.3 is 14.7 Å². The van der Waals surface area contributed by atoms with E-state index in [1.54, 1.807) is 6.07 Å². The van der Waals surface area contributed by atoms with Gasteiger partial charge in [-0.15, -0.1) is 0 Å². The first-order valence-corrected chi connectivity index (χ1v) is 9.19. The highest BCUT2D eigenvalue weighted by atomic mass is 19.1. The minimum atomic E-state index is -1.04. The zero-order chi connectivity index (χ0) is 19.8. The fourth-order valence-electron chi connectivity index (χ4n) is 3.77. The Morgan fingerprint density at radius 2 is 1.89 bits per heavy atom. The first kappa shape index (κ1) is 18.7. The van der Waals surface area contributed by atoms with Gasteiger partial charge in [-0.3, -0.25) is 4.79 Å². The number of benzene rings is 1. The normalized spacial score (nSPS) is 21.7. The van der Waals surface area contributed by atoms with Crippen LogP contribution in [0, 0.1) is 17.5 Å². The van der Waals surface area contributed by atoms with Crippen LogP contribution in [0.5, 0.6) is 5.88 Å². The summed E-state index contributed by atoms with van der Waals surface area (Å²) in [6.45, 7) is -0.201. The highest BCUT2D eigenvalue weighted by Crippen LogP contribution is 2.33. The summed E-state index contributed by atoms with van der Waals surface area (Å²) in [6, 6.07) is 2.83. The smallest absolute Gasteiger partial charge is 0.260 e. The predicted molar refractivity (Wildman–Crippen MR) is 93.0 cm³/mol. The van der Waals surface area contributed by atoms with Crippen LogP contribution in [0.2, 0.25) is 0 Å². The second-order valence-electron chi connectivity index (χ2n) is 7.17. The third-order valence-corrected chi connectivity index (χ3v) is 5.25. The molecule has 1 aliphatic carbocycles. The van der Waals surface area contributed by atoms with E-state index in [9.17, 15) is 23.1 Å². The standard InChI is InChI=1S/C20H19F3N2O3/c21-12-7-14(22)13(15(23)8-12)10-25-9-11-5-6-24-19(18(11)20(25)27)28-17-4-2-1-3-16(17)26/h5-8,16-17,26H,1-4,9-10H2/t16-,17-/m0/s1. The summed E-state index contributed by atoms with van der Waals surface area (Å²) in [5.74, 6) is -3.44. The maximum absolute atomic E-state index is 14.0. The highest BCUT2D eigenvalue weighted by Gasteiger charge is 2.34. The monoisotopic (exact) mass is 392 g/mol. The quantitative estimate of drug-likeness (QED) is 0.867. The van der Waals surface area contributed by atoms with E-state index in [0.29, 0.717) is 30.5 Å². The third kappa shape index (κ3) is 3.44. The maximum Gasteiger partial charge on any atom is 0.260 e. The molecule has 0 bridgehead atoms. The van der Waals surface area contributed by atoms with E-state index in [2.05, 4.69) is 4.98 Å². The fourth-order valence-corrected chi connectivity index (χ4v) is 3.77. The molecular formula is C20H19F3N2O3. The lowest BCUT2D eigenvalue weighted by Crippen LogP contribution is -2.35. The second kappa shape index (κ2) is 7.43. The molecule has 2 atom stereocenters. The second-order valence-corrected chi connectivity index (χ2v) is 7.17. The van der Waals surface area contributed by atoms with Crippen LogP contribution < -0.4 is 4.74 Å². The van der Waals surface area contributed by atoms with Crippen LogP contribution >= 0.6 is 0 Å². The Morgan fingerprint density at radius 3 is 2.61 bits per heavy atom. The van der Waals surface area contributed by atoms with Gasteiger partial charge in [0.1, 0.15) is 29.1 Å². The average molecular weight is 392 g/mol. The summed E-state index contributed by atoms with van der Waals surface area (Å²) in [5.41, 5.74) is 0.493. The van der Waals surface area contributed by atoms with Crippen molar-refractivity contribution in [3.05, 3.63) is 58.5 Å².